The Morgan fingerprint density at radius 3 is 2.31 bits per heavy atom. The predicted molar refractivity (Wildman–Crippen MR) is 118 cm³/mol. The summed E-state index contributed by atoms with van der Waals surface area (Å²) in [4.78, 5) is 59.3. The molecule has 2 heterocycles. The molecule has 5 N–H and O–H groups in total. The van der Waals surface area contributed by atoms with E-state index < -0.39 is 24.1 Å². The van der Waals surface area contributed by atoms with Crippen LogP contribution in [0.3, 0.4) is 0 Å². The molecule has 0 spiro atoms. The third kappa shape index (κ3) is 6.39. The van der Waals surface area contributed by atoms with E-state index in [1.165, 1.54) is 4.90 Å². The molecule has 0 bridgehead atoms. The van der Waals surface area contributed by atoms with E-state index in [4.69, 9.17) is 15.6 Å². The highest BCUT2D eigenvalue weighted by Crippen LogP contribution is 2.29. The fraction of sp³-hybridized carbons (Fsp3) is 0.522. The number of carbonyl (C=O) groups is 5. The van der Waals surface area contributed by atoms with Crippen LogP contribution in [0, 0.1) is 5.92 Å². The summed E-state index contributed by atoms with van der Waals surface area (Å²) in [5.74, 6) is -3.33. The molecule has 1 saturated carbocycles. The summed E-state index contributed by atoms with van der Waals surface area (Å²) < 4.78 is 31.7. The van der Waals surface area contributed by atoms with E-state index >= 15 is 0 Å². The van der Waals surface area contributed by atoms with Crippen LogP contribution in [0.5, 0.6) is 0 Å². The van der Waals surface area contributed by atoms with Crippen LogP contribution in [-0.2, 0) is 20.9 Å². The molecule has 36 heavy (non-hydrogen) atoms. The van der Waals surface area contributed by atoms with Crippen molar-refractivity contribution in [3.05, 3.63) is 34.9 Å². The summed E-state index contributed by atoms with van der Waals surface area (Å²) >= 11 is 0. The lowest BCUT2D eigenvalue weighted by Crippen LogP contribution is -2.52. The normalized spacial score (nSPS) is 23.8. The molecule has 4 amide bonds. The second kappa shape index (κ2) is 11.1. The molecule has 1 aliphatic carbocycles. The van der Waals surface area contributed by atoms with Crippen molar-refractivity contribution in [2.45, 2.75) is 63.3 Å². The number of alkyl halides is 3. The molecular weight excluding hydrogens is 485 g/mol. The number of nitrogens with one attached hydrogen (secondary N) is 2. The predicted octanol–water partition coefficient (Wildman–Crippen LogP) is 1.33. The minimum Gasteiger partial charge on any atom is -0.475 e. The average Bonchev–Trinajstić information content (AvgIpc) is 3.15. The molecule has 1 unspecified atom stereocenters. The quantitative estimate of drug-likeness (QED) is 0.443. The van der Waals surface area contributed by atoms with Gasteiger partial charge < -0.3 is 21.1 Å². The third-order valence-corrected chi connectivity index (χ3v) is 6.54. The standard InChI is InChI=1S/C21H26N4O4.C2HF3O2/c22-10-12-1-4-15(5-2-12)23-19(27)13-3-6-16-14(9-13)11-25(21(16)29)17-7-8-18(26)24-20(17)28;3-2(4,5)1(6)7/h3,6,9,12,15,17H,1-2,4-5,7-8,10-11,22H2,(H,23,27)(H,24,26,28);(H,6,7). The Morgan fingerprint density at radius 2 is 1.75 bits per heavy atom. The lowest BCUT2D eigenvalue weighted by Gasteiger charge is -2.29. The molecule has 10 nitrogen and oxygen atoms in total. The van der Waals surface area contributed by atoms with Crippen LogP contribution >= 0.6 is 0 Å². The molecule has 3 aliphatic rings. The molecule has 0 aromatic heterocycles. The number of piperidine rings is 1. The summed E-state index contributed by atoms with van der Waals surface area (Å²) in [5.41, 5.74) is 7.48. The molecule has 4 rings (SSSR count). The SMILES string of the molecule is NCC1CCC(NC(=O)c2ccc3c(c2)CN(C2CCC(=O)NC2=O)C3=O)CC1.O=C(O)C(F)(F)F. The zero-order valence-corrected chi connectivity index (χ0v) is 19.3. The van der Waals surface area contributed by atoms with E-state index in [0.717, 1.165) is 31.2 Å². The molecule has 13 heteroatoms. The van der Waals surface area contributed by atoms with Crippen LogP contribution in [0.25, 0.3) is 0 Å². The van der Waals surface area contributed by atoms with Crippen LogP contribution < -0.4 is 16.4 Å². The largest absolute Gasteiger partial charge is 0.490 e. The average molecular weight is 512 g/mol. The molecule has 196 valence electrons. The van der Waals surface area contributed by atoms with Gasteiger partial charge in [0.25, 0.3) is 11.8 Å². The highest BCUT2D eigenvalue weighted by atomic mass is 19.4. The van der Waals surface area contributed by atoms with Crippen molar-refractivity contribution < 1.29 is 42.3 Å². The van der Waals surface area contributed by atoms with Crippen LogP contribution in [-0.4, -0.2) is 64.4 Å². The molecular formula is C23H27F3N4O6. The van der Waals surface area contributed by atoms with Gasteiger partial charge in [0.1, 0.15) is 6.04 Å². The fourth-order valence-corrected chi connectivity index (χ4v) is 4.53. The van der Waals surface area contributed by atoms with Gasteiger partial charge in [-0.15, -0.1) is 0 Å². The topological polar surface area (TPSA) is 159 Å². The lowest BCUT2D eigenvalue weighted by atomic mass is 9.86. The van der Waals surface area contributed by atoms with Gasteiger partial charge in [0.05, 0.1) is 0 Å². The zero-order valence-electron chi connectivity index (χ0n) is 19.3. The van der Waals surface area contributed by atoms with Gasteiger partial charge in [0.15, 0.2) is 0 Å². The van der Waals surface area contributed by atoms with E-state index in [-0.39, 0.29) is 36.7 Å². The maximum absolute atomic E-state index is 12.7. The number of halogens is 3. The summed E-state index contributed by atoms with van der Waals surface area (Å²) in [5, 5.41) is 12.5. The lowest BCUT2D eigenvalue weighted by molar-refractivity contribution is -0.192. The van der Waals surface area contributed by atoms with E-state index in [9.17, 15) is 32.3 Å². The summed E-state index contributed by atoms with van der Waals surface area (Å²) in [6, 6.07) is 4.55. The van der Waals surface area contributed by atoms with Crippen molar-refractivity contribution in [3.8, 4) is 0 Å². The van der Waals surface area contributed by atoms with E-state index in [1.807, 2.05) is 0 Å². The summed E-state index contributed by atoms with van der Waals surface area (Å²) in [6.07, 6.45) is -0.622. The van der Waals surface area contributed by atoms with Gasteiger partial charge in [0, 0.05) is 30.1 Å². The number of benzene rings is 1. The number of carboxylic acids is 1. The first-order valence-corrected chi connectivity index (χ1v) is 11.5. The number of amides is 4. The van der Waals surface area contributed by atoms with Crippen molar-refractivity contribution in [1.82, 2.24) is 15.5 Å². The fourth-order valence-electron chi connectivity index (χ4n) is 4.53. The second-order valence-corrected chi connectivity index (χ2v) is 9.00. The first-order chi connectivity index (χ1) is 16.9. The number of hydrogen-bond donors (Lipinski definition) is 4. The van der Waals surface area contributed by atoms with Gasteiger partial charge in [-0.2, -0.15) is 13.2 Å². The number of nitrogens with zero attached hydrogens (tertiary/aromatic N) is 1. The van der Waals surface area contributed by atoms with Gasteiger partial charge in [-0.1, -0.05) is 0 Å². The first-order valence-electron chi connectivity index (χ1n) is 11.5. The Kier molecular flexibility index (Phi) is 8.33. The Balaban J connectivity index is 0.000000454. The number of hydrogen-bond acceptors (Lipinski definition) is 6. The van der Waals surface area contributed by atoms with Gasteiger partial charge >= 0.3 is 12.1 Å². The molecule has 1 atom stereocenters. The molecule has 1 saturated heterocycles. The summed E-state index contributed by atoms with van der Waals surface area (Å²) in [6.45, 7) is 0.965. The number of aliphatic carboxylic acids is 1. The molecule has 2 fully saturated rings. The van der Waals surface area contributed by atoms with Gasteiger partial charge in [-0.05, 0) is 68.3 Å². The number of carbonyl (C=O) groups excluding carboxylic acids is 4. The van der Waals surface area contributed by atoms with Crippen molar-refractivity contribution in [1.29, 1.82) is 0 Å². The van der Waals surface area contributed by atoms with Crippen LogP contribution in [0.2, 0.25) is 0 Å². The van der Waals surface area contributed by atoms with Gasteiger partial charge in [-0.3, -0.25) is 24.5 Å². The van der Waals surface area contributed by atoms with Crippen molar-refractivity contribution in [2.24, 2.45) is 11.7 Å². The highest BCUT2D eigenvalue weighted by Gasteiger charge is 2.39. The Labute approximate surface area is 204 Å². The van der Waals surface area contributed by atoms with E-state index in [1.54, 1.807) is 18.2 Å². The minimum atomic E-state index is -5.08. The minimum absolute atomic E-state index is 0.143. The Morgan fingerprint density at radius 1 is 1.11 bits per heavy atom. The molecule has 1 aromatic carbocycles. The zero-order chi connectivity index (χ0) is 26.6. The Hall–Kier alpha value is -3.48. The third-order valence-electron chi connectivity index (χ3n) is 6.54. The van der Waals surface area contributed by atoms with Crippen LogP contribution in [0.1, 0.15) is 64.8 Å². The van der Waals surface area contributed by atoms with Crippen molar-refractivity contribution >= 4 is 29.6 Å². The molecule has 2 aliphatic heterocycles. The second-order valence-electron chi connectivity index (χ2n) is 9.00. The maximum atomic E-state index is 12.7. The Bertz CT molecular complexity index is 1050. The van der Waals surface area contributed by atoms with Crippen LogP contribution in [0.15, 0.2) is 18.2 Å². The number of rotatable bonds is 4. The number of carboxylic acid groups (broad SMARTS) is 1. The van der Waals surface area contributed by atoms with Gasteiger partial charge in [-0.25, -0.2) is 4.79 Å². The van der Waals surface area contributed by atoms with Crippen LogP contribution in [0.4, 0.5) is 13.2 Å². The monoisotopic (exact) mass is 512 g/mol. The smallest absolute Gasteiger partial charge is 0.475 e. The van der Waals surface area contributed by atoms with E-state index in [0.29, 0.717) is 30.0 Å². The summed E-state index contributed by atoms with van der Waals surface area (Å²) in [7, 11) is 0. The number of fused-ring (bicyclic) bond motifs is 1. The number of nitrogens with two attached hydrogens (primary N) is 1. The van der Waals surface area contributed by atoms with E-state index in [2.05, 4.69) is 10.6 Å². The molecule has 0 radical (unpaired) electrons. The van der Waals surface area contributed by atoms with Crippen molar-refractivity contribution in [3.63, 3.8) is 0 Å². The number of imide groups is 1. The van der Waals surface area contributed by atoms with Crippen molar-refractivity contribution in [2.75, 3.05) is 6.54 Å². The highest BCUT2D eigenvalue weighted by molar-refractivity contribution is 6.06. The maximum Gasteiger partial charge on any atom is 0.490 e. The molecule has 1 aromatic rings. The van der Waals surface area contributed by atoms with Gasteiger partial charge in [0.2, 0.25) is 11.8 Å². The first kappa shape index (κ1) is 27.1.